The Kier molecular flexibility index (Phi) is 5.15. The van der Waals surface area contributed by atoms with Gasteiger partial charge in [0, 0.05) is 17.0 Å². The topological polar surface area (TPSA) is 111 Å². The fraction of sp³-hybridized carbons (Fsp3) is 0.318. The van der Waals surface area contributed by atoms with Gasteiger partial charge in [0.05, 0.1) is 5.39 Å². The molecule has 7 nitrogen and oxygen atoms in total. The van der Waals surface area contributed by atoms with Crippen molar-refractivity contribution in [2.45, 2.75) is 45.6 Å². The number of aryl methyl sites for hydroxylation is 1. The van der Waals surface area contributed by atoms with Crippen LogP contribution in [0.15, 0.2) is 38.6 Å². The average molecular weight is 428 g/mol. The lowest BCUT2D eigenvalue weighted by Gasteiger charge is -2.19. The summed E-state index contributed by atoms with van der Waals surface area (Å²) < 4.78 is 12.4. The molecule has 8 heteroatoms. The summed E-state index contributed by atoms with van der Waals surface area (Å²) in [6.45, 7) is 5.59. The number of rotatable bonds is 5. The van der Waals surface area contributed by atoms with E-state index in [1.54, 1.807) is 12.1 Å². The predicted molar refractivity (Wildman–Crippen MR) is 115 cm³/mol. The second-order valence-corrected chi connectivity index (χ2v) is 8.04. The monoisotopic (exact) mass is 427 g/mol. The Balaban J connectivity index is 1.83. The molecule has 0 unspecified atom stereocenters. The second-order valence-electron chi connectivity index (χ2n) is 7.65. The molecule has 1 aliphatic rings. The van der Waals surface area contributed by atoms with Crippen LogP contribution in [0.3, 0.4) is 0 Å². The highest BCUT2D eigenvalue weighted by molar-refractivity contribution is 6.29. The summed E-state index contributed by atoms with van der Waals surface area (Å²) in [6, 6.07) is 6.94. The fourth-order valence-corrected chi connectivity index (χ4v) is 3.77. The number of hydrogen-bond acceptors (Lipinski definition) is 6. The summed E-state index contributed by atoms with van der Waals surface area (Å²) in [4.78, 5) is 17.1. The van der Waals surface area contributed by atoms with Crippen LogP contribution in [0.25, 0.3) is 11.0 Å². The SMILES string of the molecule is Cc1cc([C@@H](C)Oc2ccc(Cl)nc2C(N)=NO)c2oc(C3CC3)c(C)c(=O)c2c1. The molecular formula is C22H22ClN3O4. The third kappa shape index (κ3) is 3.61. The van der Waals surface area contributed by atoms with E-state index in [-0.39, 0.29) is 22.1 Å². The molecule has 0 aliphatic heterocycles. The summed E-state index contributed by atoms with van der Waals surface area (Å²) in [7, 11) is 0. The van der Waals surface area contributed by atoms with Gasteiger partial charge >= 0.3 is 0 Å². The van der Waals surface area contributed by atoms with Gasteiger partial charge in [-0.05, 0) is 63.4 Å². The van der Waals surface area contributed by atoms with E-state index in [1.165, 1.54) is 0 Å². The molecule has 1 saturated carbocycles. The summed E-state index contributed by atoms with van der Waals surface area (Å²) >= 11 is 5.95. The molecule has 2 aromatic heterocycles. The zero-order valence-electron chi connectivity index (χ0n) is 16.9. The molecule has 1 fully saturated rings. The lowest BCUT2D eigenvalue weighted by molar-refractivity contribution is 0.225. The third-order valence-electron chi connectivity index (χ3n) is 5.29. The number of nitrogens with zero attached hydrogens (tertiary/aromatic N) is 2. The minimum atomic E-state index is -0.501. The van der Waals surface area contributed by atoms with Crippen LogP contribution in [0.5, 0.6) is 5.75 Å². The van der Waals surface area contributed by atoms with Gasteiger partial charge in [0.25, 0.3) is 0 Å². The van der Waals surface area contributed by atoms with Crippen molar-refractivity contribution < 1.29 is 14.4 Å². The Bertz CT molecular complexity index is 1230. The highest BCUT2D eigenvalue weighted by Crippen LogP contribution is 2.42. The molecule has 0 bridgehead atoms. The number of ether oxygens (including phenoxy) is 1. The highest BCUT2D eigenvalue weighted by Gasteiger charge is 2.30. The van der Waals surface area contributed by atoms with Crippen LogP contribution in [-0.4, -0.2) is 16.0 Å². The summed E-state index contributed by atoms with van der Waals surface area (Å²) in [5, 5.41) is 12.8. The van der Waals surface area contributed by atoms with E-state index >= 15 is 0 Å². The molecule has 156 valence electrons. The number of hydrogen-bond donors (Lipinski definition) is 2. The molecule has 1 aromatic carbocycles. The number of fused-ring (bicyclic) bond motifs is 1. The van der Waals surface area contributed by atoms with Crippen molar-refractivity contribution in [1.29, 1.82) is 0 Å². The van der Waals surface area contributed by atoms with Gasteiger partial charge in [-0.3, -0.25) is 4.79 Å². The summed E-state index contributed by atoms with van der Waals surface area (Å²) in [5.41, 5.74) is 8.70. The molecule has 3 aromatic rings. The van der Waals surface area contributed by atoms with Crippen LogP contribution in [-0.2, 0) is 0 Å². The largest absolute Gasteiger partial charge is 0.483 e. The van der Waals surface area contributed by atoms with Crippen molar-refractivity contribution in [3.05, 3.63) is 67.8 Å². The van der Waals surface area contributed by atoms with Gasteiger partial charge < -0.3 is 20.1 Å². The van der Waals surface area contributed by atoms with Gasteiger partial charge in [-0.1, -0.05) is 16.8 Å². The summed E-state index contributed by atoms with van der Waals surface area (Å²) in [6.07, 6.45) is 1.56. The summed E-state index contributed by atoms with van der Waals surface area (Å²) in [5.74, 6) is 1.15. The van der Waals surface area contributed by atoms with Crippen LogP contribution in [0.4, 0.5) is 0 Å². The zero-order valence-corrected chi connectivity index (χ0v) is 17.7. The molecule has 1 atom stereocenters. The number of pyridine rings is 1. The van der Waals surface area contributed by atoms with Crippen molar-refractivity contribution >= 4 is 28.4 Å². The van der Waals surface area contributed by atoms with E-state index in [0.29, 0.717) is 28.2 Å². The number of halogens is 1. The molecular weight excluding hydrogens is 406 g/mol. The van der Waals surface area contributed by atoms with Crippen molar-refractivity contribution in [3.8, 4) is 5.75 Å². The molecule has 3 N–H and O–H groups in total. The highest BCUT2D eigenvalue weighted by atomic mass is 35.5. The lowest BCUT2D eigenvalue weighted by atomic mass is 10.0. The predicted octanol–water partition coefficient (Wildman–Crippen LogP) is 4.57. The fourth-order valence-electron chi connectivity index (χ4n) is 3.62. The quantitative estimate of drug-likeness (QED) is 0.203. The molecule has 2 heterocycles. The van der Waals surface area contributed by atoms with E-state index in [2.05, 4.69) is 10.1 Å². The molecule has 0 amide bonds. The Morgan fingerprint density at radius 2 is 2.10 bits per heavy atom. The molecule has 0 saturated heterocycles. The minimum absolute atomic E-state index is 0.0131. The van der Waals surface area contributed by atoms with Crippen LogP contribution >= 0.6 is 11.6 Å². The Labute approximate surface area is 178 Å². The molecule has 0 radical (unpaired) electrons. The molecule has 4 rings (SSSR count). The van der Waals surface area contributed by atoms with Crippen LogP contribution in [0.2, 0.25) is 5.15 Å². The minimum Gasteiger partial charge on any atom is -0.483 e. The standard InChI is InChI=1S/C22H22ClN3O4/c1-10-8-14(12(3)29-16-6-7-17(23)25-18(16)22(24)26-28)21-15(9-10)19(27)11(2)20(30-21)13-4-5-13/h6-9,12-13,28H,4-5H2,1-3H3,(H2,24,26)/t12-/m1/s1. The zero-order chi connectivity index (χ0) is 21.6. The van der Waals surface area contributed by atoms with E-state index < -0.39 is 6.10 Å². The van der Waals surface area contributed by atoms with Gasteiger partial charge in [0.2, 0.25) is 0 Å². The Morgan fingerprint density at radius 1 is 1.37 bits per heavy atom. The van der Waals surface area contributed by atoms with Crippen LogP contribution in [0, 0.1) is 13.8 Å². The van der Waals surface area contributed by atoms with Crippen molar-refractivity contribution in [1.82, 2.24) is 4.98 Å². The maximum Gasteiger partial charge on any atom is 0.195 e. The Morgan fingerprint density at radius 3 is 2.77 bits per heavy atom. The van der Waals surface area contributed by atoms with Gasteiger partial charge in [-0.15, -0.1) is 0 Å². The number of nitrogens with two attached hydrogens (primary N) is 1. The normalized spacial score (nSPS) is 15.4. The van der Waals surface area contributed by atoms with Crippen molar-refractivity contribution in [3.63, 3.8) is 0 Å². The number of benzene rings is 1. The van der Waals surface area contributed by atoms with E-state index in [9.17, 15) is 4.79 Å². The average Bonchev–Trinajstić information content (AvgIpc) is 3.56. The smallest absolute Gasteiger partial charge is 0.195 e. The van der Waals surface area contributed by atoms with Crippen LogP contribution in [0.1, 0.15) is 59.9 Å². The molecule has 0 spiro atoms. The van der Waals surface area contributed by atoms with E-state index in [4.69, 9.17) is 31.7 Å². The first-order valence-corrected chi connectivity index (χ1v) is 10.1. The van der Waals surface area contributed by atoms with Gasteiger partial charge in [-0.25, -0.2) is 4.98 Å². The maximum atomic E-state index is 13.0. The lowest BCUT2D eigenvalue weighted by Crippen LogP contribution is -2.18. The number of oxime groups is 1. The van der Waals surface area contributed by atoms with Crippen molar-refractivity contribution in [2.24, 2.45) is 10.9 Å². The number of aromatic nitrogens is 1. The molecule has 1 aliphatic carbocycles. The van der Waals surface area contributed by atoms with E-state index in [1.807, 2.05) is 32.9 Å². The van der Waals surface area contributed by atoms with Gasteiger partial charge in [-0.2, -0.15) is 0 Å². The number of amidine groups is 1. The molecule has 30 heavy (non-hydrogen) atoms. The second kappa shape index (κ2) is 7.65. The maximum absolute atomic E-state index is 13.0. The van der Waals surface area contributed by atoms with Gasteiger partial charge in [0.15, 0.2) is 17.0 Å². The third-order valence-corrected chi connectivity index (χ3v) is 5.50. The van der Waals surface area contributed by atoms with Gasteiger partial charge in [0.1, 0.15) is 28.3 Å². The first-order chi connectivity index (χ1) is 14.3. The first kappa shape index (κ1) is 20.2. The Hall–Kier alpha value is -3.06. The van der Waals surface area contributed by atoms with Crippen molar-refractivity contribution in [2.75, 3.05) is 0 Å². The first-order valence-electron chi connectivity index (χ1n) is 9.69. The van der Waals surface area contributed by atoms with E-state index in [0.717, 1.165) is 29.7 Å². The van der Waals surface area contributed by atoms with Crippen LogP contribution < -0.4 is 15.9 Å².